The lowest BCUT2D eigenvalue weighted by atomic mass is 10.0. The largest absolute Gasteiger partial charge is 0.390 e. The van der Waals surface area contributed by atoms with E-state index in [2.05, 4.69) is 10.5 Å². The van der Waals surface area contributed by atoms with E-state index in [9.17, 15) is 9.18 Å². The number of urea groups is 1. The first-order chi connectivity index (χ1) is 13.0. The molecule has 6 heteroatoms. The topological polar surface area (TPSA) is 53.9 Å². The molecule has 27 heavy (non-hydrogen) atoms. The van der Waals surface area contributed by atoms with Crippen LogP contribution in [0.5, 0.6) is 0 Å². The van der Waals surface area contributed by atoms with E-state index in [-0.39, 0.29) is 24.0 Å². The highest BCUT2D eigenvalue weighted by atomic mass is 19.1. The first-order valence-corrected chi connectivity index (χ1v) is 9.09. The zero-order chi connectivity index (χ0) is 19.2. The van der Waals surface area contributed by atoms with E-state index < -0.39 is 0 Å². The van der Waals surface area contributed by atoms with Crippen LogP contribution < -0.4 is 5.32 Å². The Bertz CT molecular complexity index is 808. The van der Waals surface area contributed by atoms with Crippen LogP contribution in [0.4, 0.5) is 9.18 Å². The van der Waals surface area contributed by atoms with Crippen molar-refractivity contribution in [3.05, 3.63) is 71.5 Å². The monoisotopic (exact) mass is 369 g/mol. The smallest absolute Gasteiger partial charge is 0.318 e. The van der Waals surface area contributed by atoms with Gasteiger partial charge in [-0.2, -0.15) is 0 Å². The lowest BCUT2D eigenvalue weighted by Gasteiger charge is -2.26. The van der Waals surface area contributed by atoms with Gasteiger partial charge in [-0.05, 0) is 31.5 Å². The first-order valence-electron chi connectivity index (χ1n) is 9.09. The molecule has 3 rings (SSSR count). The summed E-state index contributed by atoms with van der Waals surface area (Å²) in [5.74, 6) is -0.305. The van der Waals surface area contributed by atoms with Gasteiger partial charge in [-0.3, -0.25) is 0 Å². The zero-order valence-electron chi connectivity index (χ0n) is 15.6. The van der Waals surface area contributed by atoms with Crippen molar-refractivity contribution in [1.82, 2.24) is 10.2 Å². The highest BCUT2D eigenvalue weighted by molar-refractivity contribution is 6.01. The molecule has 2 aromatic rings. The Hall–Kier alpha value is -2.89. The van der Waals surface area contributed by atoms with Crippen molar-refractivity contribution in [3.63, 3.8) is 0 Å². The number of hydrogen-bond acceptors (Lipinski definition) is 3. The van der Waals surface area contributed by atoms with Gasteiger partial charge in [0, 0.05) is 24.6 Å². The van der Waals surface area contributed by atoms with E-state index in [1.807, 2.05) is 44.2 Å². The van der Waals surface area contributed by atoms with Crippen LogP contribution in [0.3, 0.4) is 0 Å². The standard InChI is InChI=1S/C21H24FN3O2/c1-15(2)23-21(26)25(13-16-7-4-3-5-8-16)14-19-12-20(24-27-19)17-9-6-10-18(22)11-17/h3-11,15,19H,12-14H2,1-2H3,(H,23,26). The molecule has 1 aliphatic rings. The summed E-state index contributed by atoms with van der Waals surface area (Å²) in [7, 11) is 0. The summed E-state index contributed by atoms with van der Waals surface area (Å²) in [6.07, 6.45) is 0.272. The summed E-state index contributed by atoms with van der Waals surface area (Å²) in [5.41, 5.74) is 2.45. The normalized spacial score (nSPS) is 16.0. The second kappa shape index (κ2) is 8.66. The number of nitrogens with zero attached hydrogens (tertiary/aromatic N) is 2. The van der Waals surface area contributed by atoms with Crippen molar-refractivity contribution >= 4 is 11.7 Å². The molecule has 1 unspecified atom stereocenters. The summed E-state index contributed by atoms with van der Waals surface area (Å²) in [5, 5.41) is 7.03. The van der Waals surface area contributed by atoms with Gasteiger partial charge in [0.2, 0.25) is 0 Å². The molecule has 0 fully saturated rings. The number of oxime groups is 1. The van der Waals surface area contributed by atoms with Gasteiger partial charge < -0.3 is 15.1 Å². The number of carbonyl (C=O) groups excluding carboxylic acids is 1. The number of nitrogens with one attached hydrogen (secondary N) is 1. The summed E-state index contributed by atoms with van der Waals surface area (Å²) in [6, 6.07) is 16.0. The Kier molecular flexibility index (Phi) is 6.06. The zero-order valence-corrected chi connectivity index (χ0v) is 15.6. The molecule has 1 heterocycles. The number of benzene rings is 2. The molecule has 0 saturated carbocycles. The maximum atomic E-state index is 13.4. The Morgan fingerprint density at radius 1 is 1.26 bits per heavy atom. The number of carbonyl (C=O) groups is 1. The van der Waals surface area contributed by atoms with E-state index >= 15 is 0 Å². The third kappa shape index (κ3) is 5.29. The second-order valence-electron chi connectivity index (χ2n) is 6.95. The predicted molar refractivity (Wildman–Crippen MR) is 103 cm³/mol. The molecule has 0 spiro atoms. The number of hydrogen-bond donors (Lipinski definition) is 1. The number of amides is 2. The molecule has 142 valence electrons. The average molecular weight is 369 g/mol. The number of rotatable bonds is 6. The SMILES string of the molecule is CC(C)NC(=O)N(Cc1ccccc1)CC1CC(c2cccc(F)c2)=NO1. The van der Waals surface area contributed by atoms with Crippen molar-refractivity contribution in [1.29, 1.82) is 0 Å². The Balaban J connectivity index is 1.66. The van der Waals surface area contributed by atoms with E-state index in [1.54, 1.807) is 17.0 Å². The number of halogens is 1. The highest BCUT2D eigenvalue weighted by Crippen LogP contribution is 2.19. The molecule has 0 saturated heterocycles. The molecule has 1 aliphatic heterocycles. The quantitative estimate of drug-likeness (QED) is 0.839. The van der Waals surface area contributed by atoms with Crippen LogP contribution in [0.15, 0.2) is 59.8 Å². The van der Waals surface area contributed by atoms with Crippen molar-refractivity contribution in [2.45, 2.75) is 39.0 Å². The van der Waals surface area contributed by atoms with Crippen molar-refractivity contribution < 1.29 is 14.0 Å². The molecule has 0 aromatic heterocycles. The van der Waals surface area contributed by atoms with Crippen LogP contribution in [0.1, 0.15) is 31.4 Å². The second-order valence-corrected chi connectivity index (χ2v) is 6.95. The fourth-order valence-electron chi connectivity index (χ4n) is 2.97. The molecule has 5 nitrogen and oxygen atoms in total. The Morgan fingerprint density at radius 2 is 2.04 bits per heavy atom. The fourth-order valence-corrected chi connectivity index (χ4v) is 2.97. The summed E-state index contributed by atoms with van der Waals surface area (Å²) in [6.45, 7) is 4.73. The minimum absolute atomic E-state index is 0.0411. The molecule has 2 aromatic carbocycles. The van der Waals surface area contributed by atoms with E-state index in [0.717, 1.165) is 5.56 Å². The van der Waals surface area contributed by atoms with E-state index in [4.69, 9.17) is 4.84 Å². The first kappa shape index (κ1) is 18.9. The minimum Gasteiger partial charge on any atom is -0.390 e. The van der Waals surface area contributed by atoms with Gasteiger partial charge in [0.05, 0.1) is 12.3 Å². The molecule has 1 N–H and O–H groups in total. The third-order valence-corrected chi connectivity index (χ3v) is 4.23. The summed E-state index contributed by atoms with van der Waals surface area (Å²) >= 11 is 0. The summed E-state index contributed by atoms with van der Waals surface area (Å²) < 4.78 is 13.4. The van der Waals surface area contributed by atoms with Crippen LogP contribution in [-0.4, -0.2) is 35.3 Å². The van der Waals surface area contributed by atoms with Gasteiger partial charge >= 0.3 is 6.03 Å². The van der Waals surface area contributed by atoms with Gasteiger partial charge in [-0.1, -0.05) is 47.6 Å². The highest BCUT2D eigenvalue weighted by Gasteiger charge is 2.27. The molecule has 1 atom stereocenters. The van der Waals surface area contributed by atoms with Crippen LogP contribution in [0, 0.1) is 5.82 Å². The van der Waals surface area contributed by atoms with Crippen molar-refractivity contribution in [3.8, 4) is 0 Å². The van der Waals surface area contributed by atoms with Crippen LogP contribution in [-0.2, 0) is 11.4 Å². The Morgan fingerprint density at radius 3 is 2.74 bits per heavy atom. The molecule has 0 aliphatic carbocycles. The average Bonchev–Trinajstić information content (AvgIpc) is 3.10. The van der Waals surface area contributed by atoms with Crippen LogP contribution in [0.2, 0.25) is 0 Å². The van der Waals surface area contributed by atoms with Crippen LogP contribution >= 0.6 is 0 Å². The maximum absolute atomic E-state index is 13.4. The van der Waals surface area contributed by atoms with Gasteiger partial charge in [0.1, 0.15) is 5.82 Å². The van der Waals surface area contributed by atoms with Crippen LogP contribution in [0.25, 0.3) is 0 Å². The lowest BCUT2D eigenvalue weighted by molar-refractivity contribution is 0.0586. The fraction of sp³-hybridized carbons (Fsp3) is 0.333. The van der Waals surface area contributed by atoms with Gasteiger partial charge in [0.25, 0.3) is 0 Å². The van der Waals surface area contributed by atoms with Crippen molar-refractivity contribution in [2.75, 3.05) is 6.54 Å². The lowest BCUT2D eigenvalue weighted by Crippen LogP contribution is -2.45. The van der Waals surface area contributed by atoms with Crippen molar-refractivity contribution in [2.24, 2.45) is 5.16 Å². The summed E-state index contributed by atoms with van der Waals surface area (Å²) in [4.78, 5) is 19.9. The Labute approximate surface area is 158 Å². The van der Waals surface area contributed by atoms with E-state index in [1.165, 1.54) is 12.1 Å². The van der Waals surface area contributed by atoms with Gasteiger partial charge in [0.15, 0.2) is 6.10 Å². The maximum Gasteiger partial charge on any atom is 0.318 e. The molecule has 2 amide bonds. The molecular weight excluding hydrogens is 345 g/mol. The molecular formula is C21H24FN3O2. The van der Waals surface area contributed by atoms with E-state index in [0.29, 0.717) is 30.8 Å². The van der Waals surface area contributed by atoms with Gasteiger partial charge in [-0.25, -0.2) is 9.18 Å². The minimum atomic E-state index is -0.305. The molecule has 0 radical (unpaired) electrons. The predicted octanol–water partition coefficient (Wildman–Crippen LogP) is 3.94. The van der Waals surface area contributed by atoms with Gasteiger partial charge in [-0.15, -0.1) is 0 Å². The third-order valence-electron chi connectivity index (χ3n) is 4.23. The molecule has 0 bridgehead atoms.